The van der Waals surface area contributed by atoms with Crippen molar-refractivity contribution >= 4 is 57.6 Å². The van der Waals surface area contributed by atoms with Crippen molar-refractivity contribution in [2.45, 2.75) is 19.8 Å². The molecule has 6 nitrogen and oxygen atoms in total. The molecule has 1 amide bonds. The lowest BCUT2D eigenvalue weighted by molar-refractivity contribution is -0.134. The largest absolute Gasteiger partial charge is 0.478 e. The number of carboxylic acids is 1. The topological polar surface area (TPSA) is 90.5 Å². The van der Waals surface area contributed by atoms with Crippen molar-refractivity contribution in [1.82, 2.24) is 12.4 Å². The molecule has 0 aromatic heterocycles. The van der Waals surface area contributed by atoms with Crippen molar-refractivity contribution in [3.05, 3.63) is 11.4 Å². The molecule has 8 heteroatoms. The second kappa shape index (κ2) is 8.84. The molecular weight excluding hydrogens is 440 g/mol. The van der Waals surface area contributed by atoms with Crippen LogP contribution in [0.15, 0.2) is 11.4 Å². The van der Waals surface area contributed by atoms with Gasteiger partial charge in [0.05, 0.1) is 57.7 Å². The van der Waals surface area contributed by atoms with Crippen molar-refractivity contribution in [3.63, 3.8) is 0 Å². The molecule has 0 aliphatic carbocycles. The third-order valence-corrected chi connectivity index (χ3v) is 2.74. The van der Waals surface area contributed by atoms with Crippen LogP contribution in [0.25, 0.3) is 0 Å². The van der Waals surface area contributed by atoms with Gasteiger partial charge in [0.15, 0.2) is 0 Å². The molecule has 0 bridgehead atoms. The molecule has 0 unspecified atom stereocenters. The summed E-state index contributed by atoms with van der Waals surface area (Å²) in [5.74, 6) is -1.09. The Morgan fingerprint density at radius 1 is 1.25 bits per heavy atom. The van der Waals surface area contributed by atoms with Crippen LogP contribution in [0.5, 0.6) is 0 Å². The fourth-order valence-corrected chi connectivity index (χ4v) is 2.33. The molecule has 92 valence electrons. The number of hydrogen-bond donors (Lipinski definition) is 4. The van der Waals surface area contributed by atoms with E-state index in [-0.39, 0.29) is 17.9 Å². The Hall–Kier alpha value is -0.260. The summed E-state index contributed by atoms with van der Waals surface area (Å²) in [4.78, 5) is 22.3. The Morgan fingerprint density at radius 3 is 2.19 bits per heavy atom. The van der Waals surface area contributed by atoms with Gasteiger partial charge in [0, 0.05) is 6.54 Å². The van der Waals surface area contributed by atoms with Crippen molar-refractivity contribution in [1.29, 1.82) is 0 Å². The van der Waals surface area contributed by atoms with Crippen molar-refractivity contribution in [2.75, 3.05) is 6.54 Å². The Balaban J connectivity index is 4.63. The lowest BCUT2D eigenvalue weighted by Gasteiger charge is -2.09. The molecule has 0 aromatic carbocycles. The van der Waals surface area contributed by atoms with E-state index in [4.69, 9.17) is 5.11 Å². The molecular formula is C8H13I2N3O3. The lowest BCUT2D eigenvalue weighted by atomic mass is 10.2. The van der Waals surface area contributed by atoms with Crippen LogP contribution in [0.3, 0.4) is 0 Å². The maximum atomic E-state index is 11.4. The van der Waals surface area contributed by atoms with Gasteiger partial charge in [0.2, 0.25) is 5.91 Å². The third kappa shape index (κ3) is 5.72. The number of rotatable bonds is 7. The van der Waals surface area contributed by atoms with Gasteiger partial charge in [-0.15, -0.1) is 0 Å². The first-order valence-electron chi connectivity index (χ1n) is 4.53. The smallest absolute Gasteiger partial charge is 0.335 e. The maximum absolute atomic E-state index is 11.4. The van der Waals surface area contributed by atoms with Crippen LogP contribution in [-0.4, -0.2) is 23.5 Å². The summed E-state index contributed by atoms with van der Waals surface area (Å²) in [7, 11) is 0. The van der Waals surface area contributed by atoms with Gasteiger partial charge < -0.3 is 17.5 Å². The Labute approximate surface area is 122 Å². The van der Waals surface area contributed by atoms with Crippen LogP contribution in [0.4, 0.5) is 0 Å². The molecule has 0 radical (unpaired) electrons. The Kier molecular flexibility index (Phi) is 8.70. The normalized spacial score (nSPS) is 9.19. The monoisotopic (exact) mass is 453 g/mol. The minimum absolute atomic E-state index is 0.0115. The molecule has 0 spiro atoms. The summed E-state index contributed by atoms with van der Waals surface area (Å²) in [6, 6.07) is 0. The van der Waals surface area contributed by atoms with E-state index in [9.17, 15) is 9.59 Å². The molecule has 0 fully saturated rings. The number of aliphatic carboxylic acids is 1. The molecule has 0 saturated carbocycles. The van der Waals surface area contributed by atoms with Crippen molar-refractivity contribution in [2.24, 2.45) is 0 Å². The first-order chi connectivity index (χ1) is 7.56. The summed E-state index contributed by atoms with van der Waals surface area (Å²) >= 11 is 3.61. The highest BCUT2D eigenvalue weighted by atomic mass is 127. The van der Waals surface area contributed by atoms with E-state index in [1.54, 1.807) is 45.7 Å². The molecule has 0 aliphatic heterocycles. The fourth-order valence-electron chi connectivity index (χ4n) is 0.890. The molecule has 0 aliphatic rings. The summed E-state index contributed by atoms with van der Waals surface area (Å²) in [6.45, 7) is 2.48. The van der Waals surface area contributed by atoms with Crippen LogP contribution < -0.4 is 12.4 Å². The molecule has 0 heterocycles. The highest BCUT2D eigenvalue weighted by Gasteiger charge is 2.17. The number of carbonyl (C=O) groups is 2. The van der Waals surface area contributed by atoms with E-state index < -0.39 is 5.97 Å². The summed E-state index contributed by atoms with van der Waals surface area (Å²) in [5, 5.41) is 11.6. The van der Waals surface area contributed by atoms with Crippen LogP contribution >= 0.6 is 45.7 Å². The van der Waals surface area contributed by atoms with Gasteiger partial charge in [-0.05, 0) is 6.42 Å². The zero-order valence-electron chi connectivity index (χ0n) is 8.64. The minimum atomic E-state index is -1.12. The second-order valence-electron chi connectivity index (χ2n) is 2.87. The van der Waals surface area contributed by atoms with E-state index in [1.165, 1.54) is 0 Å². The maximum Gasteiger partial charge on any atom is 0.335 e. The fraction of sp³-hybridized carbons (Fsp3) is 0.500. The molecule has 0 aromatic rings. The predicted molar refractivity (Wildman–Crippen MR) is 76.9 cm³/mol. The Morgan fingerprint density at radius 2 is 1.81 bits per heavy atom. The van der Waals surface area contributed by atoms with E-state index in [0.29, 0.717) is 12.4 Å². The zero-order chi connectivity index (χ0) is 12.6. The predicted octanol–water partition coefficient (Wildman–Crippen LogP) is 1.08. The number of halogens is 2. The molecule has 0 rings (SSSR count). The summed E-state index contributed by atoms with van der Waals surface area (Å²) in [5.41, 5.74) is 0.0115. The number of nitrogens with one attached hydrogen (secondary N) is 3. The number of carboxylic acid groups (broad SMARTS) is 1. The van der Waals surface area contributed by atoms with Gasteiger partial charge in [0.1, 0.15) is 5.82 Å². The molecule has 16 heavy (non-hydrogen) atoms. The number of hydrogen-bond acceptors (Lipinski definition) is 4. The van der Waals surface area contributed by atoms with Gasteiger partial charge in [-0.25, -0.2) is 4.79 Å². The van der Waals surface area contributed by atoms with Crippen LogP contribution in [0, 0.1) is 0 Å². The molecule has 0 atom stereocenters. The Bertz CT molecular complexity index is 288. The highest BCUT2D eigenvalue weighted by Crippen LogP contribution is 2.08. The quantitative estimate of drug-likeness (QED) is 0.263. The standard InChI is InChI=1S/C8H13I2N3O3/c1-2-3-11-6(14)4-5(8(15)16)7(12-9)13-10/h12-13H,2-4H2,1H3,(H,11,14)(H,15,16). The van der Waals surface area contributed by atoms with Gasteiger partial charge in [-0.2, -0.15) is 0 Å². The lowest BCUT2D eigenvalue weighted by Crippen LogP contribution is -2.27. The number of carbonyl (C=O) groups excluding carboxylic acids is 1. The summed E-state index contributed by atoms with van der Waals surface area (Å²) in [6.07, 6.45) is 0.663. The van der Waals surface area contributed by atoms with Crippen LogP contribution in [-0.2, 0) is 9.59 Å². The summed E-state index contributed by atoms with van der Waals surface area (Å²) < 4.78 is 5.33. The first kappa shape index (κ1) is 15.7. The van der Waals surface area contributed by atoms with E-state index in [2.05, 4.69) is 12.4 Å². The van der Waals surface area contributed by atoms with E-state index in [0.717, 1.165) is 6.42 Å². The van der Waals surface area contributed by atoms with Crippen LogP contribution in [0.2, 0.25) is 0 Å². The molecule has 4 N–H and O–H groups in total. The average molecular weight is 453 g/mol. The van der Waals surface area contributed by atoms with E-state index in [1.807, 2.05) is 6.92 Å². The van der Waals surface area contributed by atoms with Crippen LogP contribution in [0.1, 0.15) is 19.8 Å². The van der Waals surface area contributed by atoms with Gasteiger partial charge in [-0.1, -0.05) is 6.92 Å². The number of amides is 1. The third-order valence-electron chi connectivity index (χ3n) is 1.66. The van der Waals surface area contributed by atoms with E-state index >= 15 is 0 Å². The second-order valence-corrected chi connectivity index (χ2v) is 3.95. The van der Waals surface area contributed by atoms with Crippen molar-refractivity contribution < 1.29 is 14.7 Å². The van der Waals surface area contributed by atoms with Gasteiger partial charge >= 0.3 is 5.97 Å². The van der Waals surface area contributed by atoms with Gasteiger partial charge in [-0.3, -0.25) is 4.79 Å². The SMILES string of the molecule is CCCNC(=O)CC(C(=O)O)=C(NI)NI. The molecule has 0 saturated heterocycles. The average Bonchev–Trinajstić information content (AvgIpc) is 2.26. The van der Waals surface area contributed by atoms with Gasteiger partial charge in [0.25, 0.3) is 0 Å². The first-order valence-corrected chi connectivity index (χ1v) is 6.69. The zero-order valence-corrected chi connectivity index (χ0v) is 13.0. The van der Waals surface area contributed by atoms with Crippen molar-refractivity contribution in [3.8, 4) is 0 Å². The highest BCUT2D eigenvalue weighted by molar-refractivity contribution is 14.1. The minimum Gasteiger partial charge on any atom is -0.478 e.